The highest BCUT2D eigenvalue weighted by Gasteiger charge is 2.37. The molecule has 4 nitrogen and oxygen atoms in total. The minimum absolute atomic E-state index is 0.0134. The molecular weight excluding hydrogens is 226 g/mol. The first-order chi connectivity index (χ1) is 7.59. The van der Waals surface area contributed by atoms with Crippen LogP contribution < -0.4 is 0 Å². The molecule has 0 fully saturated rings. The Morgan fingerprint density at radius 2 is 2.44 bits per heavy atom. The topological polar surface area (TPSA) is 73.2 Å². The summed E-state index contributed by atoms with van der Waals surface area (Å²) in [5, 5.41) is 8.59. The van der Waals surface area contributed by atoms with Crippen LogP contribution >= 0.6 is 0 Å². The summed E-state index contributed by atoms with van der Waals surface area (Å²) in [6, 6.07) is 3.63. The van der Waals surface area contributed by atoms with Gasteiger partial charge in [-0.05, 0) is 25.1 Å². The van der Waals surface area contributed by atoms with Crippen molar-refractivity contribution in [2.45, 2.75) is 18.6 Å². The summed E-state index contributed by atoms with van der Waals surface area (Å²) < 4.78 is 11.9. The van der Waals surface area contributed by atoms with E-state index in [-0.39, 0.29) is 10.2 Å². The van der Waals surface area contributed by atoms with Crippen LogP contribution in [0.1, 0.15) is 22.9 Å². The molecule has 16 heavy (non-hydrogen) atoms. The van der Waals surface area contributed by atoms with Crippen LogP contribution in [0.2, 0.25) is 0 Å². The molecule has 1 aliphatic heterocycles. The number of aryl methyl sites for hydroxylation is 1. The van der Waals surface area contributed by atoms with Gasteiger partial charge in [0.1, 0.15) is 5.25 Å². The number of hydrogen-bond donors (Lipinski definition) is 1. The van der Waals surface area contributed by atoms with E-state index in [0.29, 0.717) is 6.42 Å². The maximum atomic E-state index is 11.9. The number of carboxylic acid groups (broad SMARTS) is 1. The van der Waals surface area contributed by atoms with E-state index < -0.39 is 17.1 Å². The normalized spacial score (nSPS) is 24.2. The van der Waals surface area contributed by atoms with Crippen LogP contribution in [0, 0.1) is 6.92 Å². The smallest absolute Gasteiger partial charge is 0.384 e. The zero-order valence-corrected chi connectivity index (χ0v) is 9.53. The van der Waals surface area contributed by atoms with E-state index in [9.17, 15) is 9.35 Å². The minimum atomic E-state index is -1.45. The van der Waals surface area contributed by atoms with Gasteiger partial charge in [0.25, 0.3) is 0 Å². The van der Waals surface area contributed by atoms with E-state index in [1.54, 1.807) is 18.3 Å². The van der Waals surface area contributed by atoms with Crippen molar-refractivity contribution in [3.05, 3.63) is 40.6 Å². The largest absolute Gasteiger partial charge is 0.611 e. The Morgan fingerprint density at radius 1 is 1.69 bits per heavy atom. The van der Waals surface area contributed by atoms with Gasteiger partial charge < -0.3 is 9.66 Å². The molecule has 0 saturated carbocycles. The number of aliphatic carboxylic acids is 1. The summed E-state index contributed by atoms with van der Waals surface area (Å²) in [5.41, 5.74) is 1.73. The Bertz CT molecular complexity index is 458. The Kier molecular flexibility index (Phi) is 2.98. The van der Waals surface area contributed by atoms with Crippen molar-refractivity contribution >= 4 is 17.1 Å². The second-order valence-electron chi connectivity index (χ2n) is 3.63. The van der Waals surface area contributed by atoms with Crippen molar-refractivity contribution in [1.29, 1.82) is 0 Å². The van der Waals surface area contributed by atoms with Crippen molar-refractivity contribution in [2.24, 2.45) is 0 Å². The molecule has 1 aliphatic rings. The molecule has 84 valence electrons. The molecule has 2 heterocycles. The summed E-state index contributed by atoms with van der Waals surface area (Å²) in [7, 11) is 0. The van der Waals surface area contributed by atoms with Crippen LogP contribution in [-0.2, 0) is 16.0 Å². The van der Waals surface area contributed by atoms with Crippen LogP contribution in [0.25, 0.3) is 0 Å². The highest BCUT2D eigenvalue weighted by atomic mass is 32.2. The van der Waals surface area contributed by atoms with E-state index in [4.69, 9.17) is 5.11 Å². The fourth-order valence-corrected chi connectivity index (χ4v) is 3.14. The lowest BCUT2D eigenvalue weighted by atomic mass is 10.1. The maximum Gasteiger partial charge on any atom is 0.384 e. The molecule has 1 N–H and O–H groups in total. The van der Waals surface area contributed by atoms with Crippen molar-refractivity contribution in [3.8, 4) is 0 Å². The molecule has 0 aromatic carbocycles. The van der Waals surface area contributed by atoms with Crippen LogP contribution in [0.4, 0.5) is 0 Å². The van der Waals surface area contributed by atoms with Gasteiger partial charge in [-0.25, -0.2) is 4.79 Å². The van der Waals surface area contributed by atoms with Crippen molar-refractivity contribution in [3.63, 3.8) is 0 Å². The molecular formula is C11H11NO3S. The monoisotopic (exact) mass is 237 g/mol. The van der Waals surface area contributed by atoms with Gasteiger partial charge >= 0.3 is 5.97 Å². The predicted molar refractivity (Wildman–Crippen MR) is 60.2 cm³/mol. The first-order valence-corrected chi connectivity index (χ1v) is 6.07. The Balaban J connectivity index is 2.24. The van der Waals surface area contributed by atoms with Crippen LogP contribution in [0.3, 0.4) is 0 Å². The average Bonchev–Trinajstić information content (AvgIpc) is 2.60. The van der Waals surface area contributed by atoms with E-state index in [1.165, 1.54) is 0 Å². The third-order valence-corrected chi connectivity index (χ3v) is 4.25. The number of hydrogen-bond acceptors (Lipinski definition) is 3. The van der Waals surface area contributed by atoms with Crippen molar-refractivity contribution in [2.75, 3.05) is 0 Å². The lowest BCUT2D eigenvalue weighted by Crippen LogP contribution is -2.14. The van der Waals surface area contributed by atoms with Gasteiger partial charge in [-0.15, -0.1) is 0 Å². The number of carbonyl (C=O) groups is 1. The Hall–Kier alpha value is -1.33. The molecule has 0 bridgehead atoms. The summed E-state index contributed by atoms with van der Waals surface area (Å²) in [6.07, 6.45) is 3.71. The molecule has 0 aliphatic carbocycles. The Morgan fingerprint density at radius 3 is 3.00 bits per heavy atom. The SMILES string of the molecule is Cc1cc(C2CC=C(C(=O)O)[S+]2[O-])ccn1. The second kappa shape index (κ2) is 4.27. The zero-order valence-electron chi connectivity index (χ0n) is 8.71. The predicted octanol–water partition coefficient (Wildman–Crippen LogP) is 1.55. The molecule has 0 spiro atoms. The number of aromatic nitrogens is 1. The van der Waals surface area contributed by atoms with E-state index in [0.717, 1.165) is 11.3 Å². The van der Waals surface area contributed by atoms with Gasteiger partial charge in [-0.2, -0.15) is 0 Å². The van der Waals surface area contributed by atoms with Gasteiger partial charge in [0.2, 0.25) is 4.91 Å². The number of pyridine rings is 1. The second-order valence-corrected chi connectivity index (χ2v) is 5.23. The van der Waals surface area contributed by atoms with Gasteiger partial charge in [0.05, 0.1) is 0 Å². The highest BCUT2D eigenvalue weighted by molar-refractivity contribution is 7.96. The van der Waals surface area contributed by atoms with E-state index in [2.05, 4.69) is 4.98 Å². The van der Waals surface area contributed by atoms with Crippen molar-refractivity contribution in [1.82, 2.24) is 4.98 Å². The zero-order chi connectivity index (χ0) is 11.7. The Labute approximate surface area is 96.2 Å². The summed E-state index contributed by atoms with van der Waals surface area (Å²) in [6.45, 7) is 1.85. The lowest BCUT2D eigenvalue weighted by molar-refractivity contribution is -0.131. The van der Waals surface area contributed by atoms with Crippen molar-refractivity contribution < 1.29 is 14.5 Å². The van der Waals surface area contributed by atoms with E-state index in [1.807, 2.05) is 13.0 Å². The van der Waals surface area contributed by atoms with Gasteiger partial charge in [0.15, 0.2) is 0 Å². The van der Waals surface area contributed by atoms with Crippen LogP contribution in [0.5, 0.6) is 0 Å². The highest BCUT2D eigenvalue weighted by Crippen LogP contribution is 2.37. The first kappa shape index (κ1) is 11.2. The number of carboxylic acids is 1. The first-order valence-electron chi connectivity index (χ1n) is 4.86. The molecule has 1 aromatic heterocycles. The summed E-state index contributed by atoms with van der Waals surface area (Å²) >= 11 is -1.45. The molecule has 5 heteroatoms. The number of allylic oxidation sites excluding steroid dienone is 1. The maximum absolute atomic E-state index is 11.9. The lowest BCUT2D eigenvalue weighted by Gasteiger charge is -2.15. The fraction of sp³-hybridized carbons (Fsp3) is 0.273. The fourth-order valence-electron chi connectivity index (χ4n) is 1.74. The standard InChI is InChI=1S/C11H11NO3S/c1-7-6-8(4-5-12-7)9-2-3-10(11(13)14)16(9)15/h3-6,9H,2H2,1H3,(H,13,14). The molecule has 0 radical (unpaired) electrons. The molecule has 0 amide bonds. The summed E-state index contributed by atoms with van der Waals surface area (Å²) in [5.74, 6) is -1.09. The van der Waals surface area contributed by atoms with Gasteiger partial charge in [-0.1, -0.05) is 0 Å². The minimum Gasteiger partial charge on any atom is -0.611 e. The quantitative estimate of drug-likeness (QED) is 0.792. The molecule has 2 rings (SSSR count). The van der Waals surface area contributed by atoms with Gasteiger partial charge in [0, 0.05) is 35.1 Å². The van der Waals surface area contributed by atoms with E-state index >= 15 is 0 Å². The third kappa shape index (κ3) is 1.96. The summed E-state index contributed by atoms with van der Waals surface area (Å²) in [4.78, 5) is 14.9. The molecule has 1 aromatic rings. The number of rotatable bonds is 2. The van der Waals surface area contributed by atoms with Crippen LogP contribution in [0.15, 0.2) is 29.3 Å². The average molecular weight is 237 g/mol. The number of nitrogens with zero attached hydrogens (tertiary/aromatic N) is 1. The molecule has 2 unspecified atom stereocenters. The molecule has 0 saturated heterocycles. The van der Waals surface area contributed by atoms with Gasteiger partial charge in [-0.3, -0.25) is 4.98 Å². The molecule has 2 atom stereocenters. The van der Waals surface area contributed by atoms with Crippen LogP contribution in [-0.4, -0.2) is 20.6 Å². The third-order valence-electron chi connectivity index (χ3n) is 2.50.